The Morgan fingerprint density at radius 2 is 1.80 bits per heavy atom. The smallest absolute Gasteiger partial charge is 0.229 e. The number of pyridine rings is 1. The third-order valence-electron chi connectivity index (χ3n) is 4.60. The van der Waals surface area contributed by atoms with Gasteiger partial charge in [-0.2, -0.15) is 0 Å². The molecule has 0 amide bonds. The summed E-state index contributed by atoms with van der Waals surface area (Å²) >= 11 is 0. The second kappa shape index (κ2) is 11.3. The van der Waals surface area contributed by atoms with Crippen LogP contribution < -0.4 is 14.9 Å². The summed E-state index contributed by atoms with van der Waals surface area (Å²) in [6.07, 6.45) is 2.97. The first kappa shape index (κ1) is 24.2. The largest absolute Gasteiger partial charge is 0.357 e. The molecule has 1 saturated heterocycles. The molecule has 30 heavy (non-hydrogen) atoms. The SMILES string of the molecule is CCNC(=NCc1ccccc1NS(C)(=O)=O)N1CCN(c2ccccn2)CC1.I. The van der Waals surface area contributed by atoms with Gasteiger partial charge in [0.1, 0.15) is 5.82 Å². The van der Waals surface area contributed by atoms with E-state index >= 15 is 0 Å². The van der Waals surface area contributed by atoms with Crippen molar-refractivity contribution in [3.8, 4) is 0 Å². The van der Waals surface area contributed by atoms with E-state index in [-0.39, 0.29) is 24.0 Å². The Bertz CT molecular complexity index is 931. The quantitative estimate of drug-likeness (QED) is 0.330. The topological polar surface area (TPSA) is 89.9 Å². The van der Waals surface area contributed by atoms with Crippen LogP contribution in [0.25, 0.3) is 0 Å². The number of nitrogens with zero attached hydrogens (tertiary/aromatic N) is 4. The number of guanidine groups is 1. The highest BCUT2D eigenvalue weighted by Crippen LogP contribution is 2.18. The van der Waals surface area contributed by atoms with E-state index in [9.17, 15) is 8.42 Å². The van der Waals surface area contributed by atoms with Crippen LogP contribution in [0, 0.1) is 0 Å². The molecule has 10 heteroatoms. The number of sulfonamides is 1. The van der Waals surface area contributed by atoms with Gasteiger partial charge in [-0.3, -0.25) is 4.72 Å². The van der Waals surface area contributed by atoms with Crippen molar-refractivity contribution in [2.24, 2.45) is 4.99 Å². The molecular formula is C20H29IN6O2S. The number of hydrogen-bond acceptors (Lipinski definition) is 5. The van der Waals surface area contributed by atoms with Crippen molar-refractivity contribution in [3.63, 3.8) is 0 Å². The Kier molecular flexibility index (Phi) is 9.15. The number of para-hydroxylation sites is 1. The summed E-state index contributed by atoms with van der Waals surface area (Å²) < 4.78 is 25.8. The van der Waals surface area contributed by atoms with Crippen LogP contribution in [0.2, 0.25) is 0 Å². The molecule has 0 saturated carbocycles. The van der Waals surface area contributed by atoms with E-state index in [0.29, 0.717) is 12.2 Å². The summed E-state index contributed by atoms with van der Waals surface area (Å²) in [6, 6.07) is 13.3. The summed E-state index contributed by atoms with van der Waals surface area (Å²) in [4.78, 5) is 13.7. The van der Waals surface area contributed by atoms with Crippen molar-refractivity contribution in [1.29, 1.82) is 0 Å². The second-order valence-electron chi connectivity index (χ2n) is 6.86. The lowest BCUT2D eigenvalue weighted by atomic mass is 10.2. The van der Waals surface area contributed by atoms with Crippen LogP contribution in [-0.4, -0.2) is 63.2 Å². The number of aromatic nitrogens is 1. The van der Waals surface area contributed by atoms with E-state index in [1.165, 1.54) is 0 Å². The molecule has 0 aliphatic carbocycles. The van der Waals surface area contributed by atoms with E-state index in [1.807, 2.05) is 49.5 Å². The molecule has 8 nitrogen and oxygen atoms in total. The van der Waals surface area contributed by atoms with Crippen LogP contribution in [0.1, 0.15) is 12.5 Å². The number of halogens is 1. The van der Waals surface area contributed by atoms with E-state index in [2.05, 4.69) is 24.8 Å². The van der Waals surface area contributed by atoms with Gasteiger partial charge in [0.15, 0.2) is 5.96 Å². The Morgan fingerprint density at radius 1 is 1.10 bits per heavy atom. The van der Waals surface area contributed by atoms with Crippen molar-refractivity contribution in [2.45, 2.75) is 13.5 Å². The molecule has 1 aromatic carbocycles. The fourth-order valence-electron chi connectivity index (χ4n) is 3.23. The van der Waals surface area contributed by atoms with Gasteiger partial charge in [-0.1, -0.05) is 24.3 Å². The van der Waals surface area contributed by atoms with Crippen molar-refractivity contribution < 1.29 is 8.42 Å². The molecule has 164 valence electrons. The molecule has 1 aromatic heterocycles. The lowest BCUT2D eigenvalue weighted by Crippen LogP contribution is -2.52. The molecule has 0 bridgehead atoms. The summed E-state index contributed by atoms with van der Waals surface area (Å²) in [5, 5.41) is 3.35. The molecule has 0 atom stereocenters. The van der Waals surface area contributed by atoms with Crippen molar-refractivity contribution >= 4 is 51.5 Å². The molecule has 0 radical (unpaired) electrons. The summed E-state index contributed by atoms with van der Waals surface area (Å²) in [6.45, 7) is 6.61. The van der Waals surface area contributed by atoms with Gasteiger partial charge in [0.2, 0.25) is 10.0 Å². The second-order valence-corrected chi connectivity index (χ2v) is 8.61. The van der Waals surface area contributed by atoms with E-state index in [4.69, 9.17) is 4.99 Å². The molecule has 0 spiro atoms. The van der Waals surface area contributed by atoms with Crippen molar-refractivity contribution in [2.75, 3.05) is 48.6 Å². The van der Waals surface area contributed by atoms with E-state index in [1.54, 1.807) is 6.07 Å². The number of anilines is 2. The van der Waals surface area contributed by atoms with Crippen LogP contribution in [0.3, 0.4) is 0 Å². The monoisotopic (exact) mass is 544 g/mol. The molecule has 1 fully saturated rings. The lowest BCUT2D eigenvalue weighted by Gasteiger charge is -2.37. The third kappa shape index (κ3) is 7.01. The van der Waals surface area contributed by atoms with E-state index < -0.39 is 10.0 Å². The average Bonchev–Trinajstić information content (AvgIpc) is 2.72. The van der Waals surface area contributed by atoms with Gasteiger partial charge in [0, 0.05) is 38.9 Å². The molecule has 3 rings (SSSR count). The fraction of sp³-hybridized carbons (Fsp3) is 0.400. The van der Waals surface area contributed by atoms with Gasteiger partial charge >= 0.3 is 0 Å². The van der Waals surface area contributed by atoms with Crippen molar-refractivity contribution in [3.05, 3.63) is 54.2 Å². The first-order valence-corrected chi connectivity index (χ1v) is 11.6. The molecule has 2 aromatic rings. The Balaban J connectivity index is 0.00000320. The van der Waals surface area contributed by atoms with Gasteiger partial charge in [-0.05, 0) is 30.7 Å². The lowest BCUT2D eigenvalue weighted by molar-refractivity contribution is 0.371. The predicted molar refractivity (Wildman–Crippen MR) is 133 cm³/mol. The Hall–Kier alpha value is -2.08. The van der Waals surface area contributed by atoms with Crippen LogP contribution in [0.15, 0.2) is 53.7 Å². The van der Waals surface area contributed by atoms with Gasteiger partial charge in [-0.15, -0.1) is 24.0 Å². The molecular weight excluding hydrogens is 515 g/mol. The summed E-state index contributed by atoms with van der Waals surface area (Å²) in [5.74, 6) is 1.83. The molecule has 1 aliphatic heterocycles. The maximum Gasteiger partial charge on any atom is 0.229 e. The zero-order valence-corrected chi connectivity index (χ0v) is 20.4. The molecule has 2 heterocycles. The highest BCUT2D eigenvalue weighted by Gasteiger charge is 2.20. The first-order chi connectivity index (χ1) is 14.0. The Labute approximate surface area is 195 Å². The maximum absolute atomic E-state index is 11.6. The van der Waals surface area contributed by atoms with Gasteiger partial charge in [0.05, 0.1) is 18.5 Å². The number of aliphatic imine (C=N–C) groups is 1. The molecule has 0 unspecified atom stereocenters. The average molecular weight is 544 g/mol. The van der Waals surface area contributed by atoms with Gasteiger partial charge < -0.3 is 15.1 Å². The number of hydrogen-bond donors (Lipinski definition) is 2. The van der Waals surface area contributed by atoms with Crippen LogP contribution in [0.5, 0.6) is 0 Å². The zero-order valence-electron chi connectivity index (χ0n) is 17.3. The van der Waals surface area contributed by atoms with Crippen LogP contribution in [-0.2, 0) is 16.6 Å². The summed E-state index contributed by atoms with van der Waals surface area (Å²) in [5.41, 5.74) is 1.40. The highest BCUT2D eigenvalue weighted by molar-refractivity contribution is 14.0. The number of rotatable bonds is 6. The van der Waals surface area contributed by atoms with Gasteiger partial charge in [0.25, 0.3) is 0 Å². The first-order valence-electron chi connectivity index (χ1n) is 9.71. The molecule has 2 N–H and O–H groups in total. The number of benzene rings is 1. The predicted octanol–water partition coefficient (Wildman–Crippen LogP) is 2.36. The maximum atomic E-state index is 11.6. The fourth-order valence-corrected chi connectivity index (χ4v) is 3.83. The normalized spacial score (nSPS) is 14.8. The number of piperazine rings is 1. The third-order valence-corrected chi connectivity index (χ3v) is 5.19. The minimum Gasteiger partial charge on any atom is -0.357 e. The minimum atomic E-state index is -3.34. The highest BCUT2D eigenvalue weighted by atomic mass is 127. The van der Waals surface area contributed by atoms with Crippen LogP contribution in [0.4, 0.5) is 11.5 Å². The number of nitrogens with one attached hydrogen (secondary N) is 2. The molecule has 1 aliphatic rings. The summed E-state index contributed by atoms with van der Waals surface area (Å²) in [7, 11) is -3.34. The van der Waals surface area contributed by atoms with Crippen LogP contribution >= 0.6 is 24.0 Å². The standard InChI is InChI=1S/C20H28N6O2S.HI/c1-3-21-20(23-16-17-8-4-5-9-18(17)24-29(2,27)28)26-14-12-25(13-15-26)19-10-6-7-11-22-19;/h4-11,24H,3,12-16H2,1-2H3,(H,21,23);1H. The zero-order chi connectivity index (χ0) is 20.7. The minimum absolute atomic E-state index is 0. The van der Waals surface area contributed by atoms with Gasteiger partial charge in [-0.25, -0.2) is 18.4 Å². The van der Waals surface area contributed by atoms with Crippen molar-refractivity contribution in [1.82, 2.24) is 15.2 Å². The van der Waals surface area contributed by atoms with E-state index in [0.717, 1.165) is 56.3 Å². The Morgan fingerprint density at radius 3 is 2.43 bits per heavy atom.